The molecule has 0 saturated carbocycles. The molecule has 88 valence electrons. The van der Waals surface area contributed by atoms with E-state index in [4.69, 9.17) is 4.74 Å². The van der Waals surface area contributed by atoms with Crippen LogP contribution in [-0.4, -0.2) is 37.7 Å². The zero-order valence-corrected chi connectivity index (χ0v) is 9.71. The lowest BCUT2D eigenvalue weighted by Gasteiger charge is -2.11. The number of hydrogen-bond acceptors (Lipinski definition) is 3. The number of ether oxygens (including phenoxy) is 1. The molecule has 15 heavy (non-hydrogen) atoms. The molecular weight excluding hydrogens is 192 g/mol. The van der Waals surface area contributed by atoms with E-state index in [1.807, 2.05) is 13.8 Å². The van der Waals surface area contributed by atoms with E-state index in [-0.39, 0.29) is 11.9 Å². The molecule has 0 spiro atoms. The topological polar surface area (TPSA) is 50.4 Å². The average molecular weight is 214 g/mol. The molecule has 0 radical (unpaired) electrons. The van der Waals surface area contributed by atoms with E-state index in [9.17, 15) is 4.79 Å². The van der Waals surface area contributed by atoms with Crippen molar-refractivity contribution in [1.29, 1.82) is 0 Å². The van der Waals surface area contributed by atoms with Gasteiger partial charge in [0.2, 0.25) is 5.91 Å². The molecular formula is C11H22N2O2. The zero-order valence-electron chi connectivity index (χ0n) is 9.71. The highest BCUT2D eigenvalue weighted by Crippen LogP contribution is 2.14. The summed E-state index contributed by atoms with van der Waals surface area (Å²) in [5.41, 5.74) is 0. The molecule has 0 aromatic carbocycles. The lowest BCUT2D eigenvalue weighted by molar-refractivity contribution is -0.120. The monoisotopic (exact) mass is 214 g/mol. The van der Waals surface area contributed by atoms with Gasteiger partial charge < -0.3 is 15.4 Å². The van der Waals surface area contributed by atoms with E-state index in [1.165, 1.54) is 12.8 Å². The first-order valence-electron chi connectivity index (χ1n) is 5.80. The lowest BCUT2D eigenvalue weighted by atomic mass is 10.2. The standard InChI is InChI=1S/C11H22N2O2/c1-9(2)13-11(14)8-12-6-5-10-4-3-7-15-10/h9-10,12H,3-8H2,1-2H3,(H,13,14). The van der Waals surface area contributed by atoms with Crippen LogP contribution in [0.25, 0.3) is 0 Å². The van der Waals surface area contributed by atoms with Crippen molar-refractivity contribution in [2.75, 3.05) is 19.7 Å². The van der Waals surface area contributed by atoms with Gasteiger partial charge in [-0.05, 0) is 39.7 Å². The molecule has 0 aromatic rings. The van der Waals surface area contributed by atoms with Gasteiger partial charge in [0, 0.05) is 12.6 Å². The molecule has 2 N–H and O–H groups in total. The van der Waals surface area contributed by atoms with Crippen LogP contribution in [0.2, 0.25) is 0 Å². The van der Waals surface area contributed by atoms with Gasteiger partial charge in [-0.2, -0.15) is 0 Å². The van der Waals surface area contributed by atoms with Gasteiger partial charge in [-0.1, -0.05) is 0 Å². The number of carbonyl (C=O) groups is 1. The Balaban J connectivity index is 1.94. The van der Waals surface area contributed by atoms with E-state index in [2.05, 4.69) is 10.6 Å². The van der Waals surface area contributed by atoms with Crippen molar-refractivity contribution in [1.82, 2.24) is 10.6 Å². The van der Waals surface area contributed by atoms with Crippen molar-refractivity contribution in [2.45, 2.75) is 45.3 Å². The third-order valence-corrected chi connectivity index (χ3v) is 2.40. The van der Waals surface area contributed by atoms with Crippen molar-refractivity contribution in [3.05, 3.63) is 0 Å². The summed E-state index contributed by atoms with van der Waals surface area (Å²) in [4.78, 5) is 11.2. The normalized spacial score (nSPS) is 20.9. The summed E-state index contributed by atoms with van der Waals surface area (Å²) in [5, 5.41) is 5.96. The zero-order chi connectivity index (χ0) is 11.1. The number of carbonyl (C=O) groups excluding carboxylic acids is 1. The highest BCUT2D eigenvalue weighted by molar-refractivity contribution is 5.78. The fraction of sp³-hybridized carbons (Fsp3) is 0.909. The second kappa shape index (κ2) is 6.80. The predicted octanol–water partition coefficient (Wildman–Crippen LogP) is 0.670. The van der Waals surface area contributed by atoms with E-state index < -0.39 is 0 Å². The smallest absolute Gasteiger partial charge is 0.234 e. The lowest BCUT2D eigenvalue weighted by Crippen LogP contribution is -2.38. The molecule has 1 fully saturated rings. The Kier molecular flexibility index (Phi) is 5.65. The molecule has 0 aliphatic carbocycles. The molecule has 1 aliphatic rings. The molecule has 1 unspecified atom stereocenters. The van der Waals surface area contributed by atoms with Gasteiger partial charge in [0.1, 0.15) is 0 Å². The van der Waals surface area contributed by atoms with Crippen LogP contribution >= 0.6 is 0 Å². The van der Waals surface area contributed by atoms with Crippen molar-refractivity contribution in [3.63, 3.8) is 0 Å². The maximum Gasteiger partial charge on any atom is 0.234 e. The molecule has 1 aliphatic heterocycles. The average Bonchev–Trinajstić information content (AvgIpc) is 2.63. The Labute approximate surface area is 91.8 Å². The van der Waals surface area contributed by atoms with E-state index in [0.29, 0.717) is 12.6 Å². The predicted molar refractivity (Wildman–Crippen MR) is 59.7 cm³/mol. The second-order valence-electron chi connectivity index (χ2n) is 4.32. The van der Waals surface area contributed by atoms with Crippen molar-refractivity contribution in [2.24, 2.45) is 0 Å². The molecule has 1 saturated heterocycles. The van der Waals surface area contributed by atoms with Crippen LogP contribution in [0.15, 0.2) is 0 Å². The molecule has 1 atom stereocenters. The summed E-state index contributed by atoms with van der Waals surface area (Å²) in [6.07, 6.45) is 3.76. The fourth-order valence-electron chi connectivity index (χ4n) is 1.71. The van der Waals surface area contributed by atoms with Crippen molar-refractivity contribution >= 4 is 5.91 Å². The summed E-state index contributed by atoms with van der Waals surface area (Å²) in [7, 11) is 0. The van der Waals surface area contributed by atoms with Gasteiger partial charge >= 0.3 is 0 Å². The third-order valence-electron chi connectivity index (χ3n) is 2.40. The molecule has 4 heteroatoms. The quantitative estimate of drug-likeness (QED) is 0.639. The highest BCUT2D eigenvalue weighted by Gasteiger charge is 2.14. The Morgan fingerprint density at radius 2 is 2.33 bits per heavy atom. The number of amides is 1. The first kappa shape index (κ1) is 12.5. The summed E-state index contributed by atoms with van der Waals surface area (Å²) in [6, 6.07) is 0.220. The Bertz CT molecular complexity index is 189. The second-order valence-corrected chi connectivity index (χ2v) is 4.32. The summed E-state index contributed by atoms with van der Waals surface area (Å²) >= 11 is 0. The first-order chi connectivity index (χ1) is 7.18. The minimum atomic E-state index is 0.0670. The Hall–Kier alpha value is -0.610. The van der Waals surface area contributed by atoms with Crippen LogP contribution in [0, 0.1) is 0 Å². The van der Waals surface area contributed by atoms with Crippen LogP contribution in [-0.2, 0) is 9.53 Å². The van der Waals surface area contributed by atoms with E-state index in [0.717, 1.165) is 19.6 Å². The maximum atomic E-state index is 11.2. The van der Waals surface area contributed by atoms with Crippen molar-refractivity contribution < 1.29 is 9.53 Å². The number of nitrogens with one attached hydrogen (secondary N) is 2. The van der Waals surface area contributed by atoms with Gasteiger partial charge in [0.15, 0.2) is 0 Å². The molecule has 1 amide bonds. The van der Waals surface area contributed by atoms with Gasteiger partial charge in [0.05, 0.1) is 12.6 Å². The van der Waals surface area contributed by atoms with Crippen LogP contribution in [0.4, 0.5) is 0 Å². The van der Waals surface area contributed by atoms with Crippen LogP contribution in [0.5, 0.6) is 0 Å². The summed E-state index contributed by atoms with van der Waals surface area (Å²) in [6.45, 7) is 6.09. The number of hydrogen-bond donors (Lipinski definition) is 2. The van der Waals surface area contributed by atoms with Crippen molar-refractivity contribution in [3.8, 4) is 0 Å². The summed E-state index contributed by atoms with van der Waals surface area (Å²) in [5.74, 6) is 0.0670. The van der Waals surface area contributed by atoms with Crippen LogP contribution in [0.3, 0.4) is 0 Å². The van der Waals surface area contributed by atoms with Gasteiger partial charge in [-0.25, -0.2) is 0 Å². The maximum absolute atomic E-state index is 11.2. The van der Waals surface area contributed by atoms with Gasteiger partial charge in [-0.15, -0.1) is 0 Å². The fourth-order valence-corrected chi connectivity index (χ4v) is 1.71. The van der Waals surface area contributed by atoms with Crippen LogP contribution < -0.4 is 10.6 Å². The third kappa shape index (κ3) is 5.74. The van der Waals surface area contributed by atoms with Gasteiger partial charge in [0.25, 0.3) is 0 Å². The largest absolute Gasteiger partial charge is 0.378 e. The first-order valence-corrected chi connectivity index (χ1v) is 5.80. The molecule has 4 nitrogen and oxygen atoms in total. The Morgan fingerprint density at radius 1 is 1.53 bits per heavy atom. The molecule has 0 aromatic heterocycles. The number of rotatable bonds is 6. The minimum absolute atomic E-state index is 0.0670. The molecule has 1 heterocycles. The van der Waals surface area contributed by atoms with E-state index in [1.54, 1.807) is 0 Å². The summed E-state index contributed by atoms with van der Waals surface area (Å²) < 4.78 is 5.48. The van der Waals surface area contributed by atoms with Gasteiger partial charge in [-0.3, -0.25) is 4.79 Å². The van der Waals surface area contributed by atoms with Crippen LogP contribution in [0.1, 0.15) is 33.1 Å². The highest BCUT2D eigenvalue weighted by atomic mass is 16.5. The Morgan fingerprint density at radius 3 is 2.93 bits per heavy atom. The SMILES string of the molecule is CC(C)NC(=O)CNCCC1CCCO1. The molecule has 0 bridgehead atoms. The molecule has 1 rings (SSSR count). The minimum Gasteiger partial charge on any atom is -0.378 e. The van der Waals surface area contributed by atoms with E-state index >= 15 is 0 Å².